The van der Waals surface area contributed by atoms with Crippen LogP contribution in [0.25, 0.3) is 17.3 Å². The monoisotopic (exact) mass is 641 g/mol. The minimum atomic E-state index is -4.06. The van der Waals surface area contributed by atoms with Crippen molar-refractivity contribution in [2.75, 3.05) is 27.3 Å². The van der Waals surface area contributed by atoms with E-state index in [1.165, 1.54) is 43.1 Å². The van der Waals surface area contributed by atoms with Gasteiger partial charge in [0.15, 0.2) is 21.4 Å². The zero-order valence-corrected chi connectivity index (χ0v) is 25.5. The lowest BCUT2D eigenvalue weighted by molar-refractivity contribution is -0.384. The number of nitro benzene ring substituents is 1. The van der Waals surface area contributed by atoms with Gasteiger partial charge < -0.3 is 28.6 Å². The van der Waals surface area contributed by atoms with Crippen LogP contribution in [-0.2, 0) is 26.9 Å². The van der Waals surface area contributed by atoms with E-state index < -0.39 is 38.0 Å². The highest BCUT2D eigenvalue weighted by molar-refractivity contribution is 7.91. The van der Waals surface area contributed by atoms with Crippen molar-refractivity contribution in [3.05, 3.63) is 81.9 Å². The van der Waals surface area contributed by atoms with E-state index in [9.17, 15) is 28.4 Å². The van der Waals surface area contributed by atoms with Crippen molar-refractivity contribution >= 4 is 21.6 Å². The molecule has 16 heteroatoms. The number of hydrogen-bond donors (Lipinski definition) is 1. The molecule has 0 bridgehead atoms. The zero-order valence-electron chi connectivity index (χ0n) is 24.7. The first-order valence-corrected chi connectivity index (χ1v) is 15.5. The number of nitrogens with zero attached hydrogens (tertiary/aromatic N) is 5. The number of amides is 1. The summed E-state index contributed by atoms with van der Waals surface area (Å²) < 4.78 is 51.5. The van der Waals surface area contributed by atoms with Gasteiger partial charge in [-0.2, -0.15) is 0 Å². The van der Waals surface area contributed by atoms with Gasteiger partial charge in [0.2, 0.25) is 5.82 Å². The number of benzene rings is 2. The van der Waals surface area contributed by atoms with Gasteiger partial charge in [0.05, 0.1) is 37.0 Å². The molecule has 0 spiro atoms. The number of aryl methyl sites for hydroxylation is 1. The Bertz CT molecular complexity index is 1780. The molecule has 1 saturated heterocycles. The Balaban J connectivity index is 1.40. The number of non-ortho nitro benzene ring substituents is 1. The smallest absolute Gasteiger partial charge is 0.410 e. The molecule has 45 heavy (non-hydrogen) atoms. The number of nitro groups is 1. The average Bonchev–Trinajstić information content (AvgIpc) is 3.64. The van der Waals surface area contributed by atoms with Crippen LogP contribution in [0.4, 0.5) is 10.5 Å². The molecule has 1 aliphatic rings. The summed E-state index contributed by atoms with van der Waals surface area (Å²) in [5.41, 5.74) is 0.759. The lowest BCUT2D eigenvalue weighted by Gasteiger charge is -2.34. The third-order valence-corrected chi connectivity index (χ3v) is 9.33. The molecule has 15 nitrogen and oxygen atoms in total. The fourth-order valence-electron chi connectivity index (χ4n) is 5.10. The molecule has 1 N–H and O–H groups in total. The van der Waals surface area contributed by atoms with Gasteiger partial charge in [-0.25, -0.2) is 13.2 Å². The number of furan rings is 1. The molecular formula is C29H31N5O10S. The highest BCUT2D eigenvalue weighted by atomic mass is 32.2. The number of β-amino-alcohol motifs (C(OH)–C–C–N with tert-alkyl or cyclic N) is 1. The third kappa shape index (κ3) is 6.76. The number of piperidine rings is 1. The molecule has 2 aromatic carbocycles. The van der Waals surface area contributed by atoms with E-state index in [0.717, 1.165) is 4.90 Å². The normalized spacial score (nSPS) is 16.8. The van der Waals surface area contributed by atoms with Gasteiger partial charge in [-0.3, -0.25) is 14.7 Å². The molecule has 238 valence electrons. The summed E-state index contributed by atoms with van der Waals surface area (Å²) in [5.74, 6) is 1.35. The van der Waals surface area contributed by atoms with Crippen molar-refractivity contribution in [2.45, 2.75) is 37.1 Å². The number of para-hydroxylation sites is 1. The molecule has 0 saturated carbocycles. The summed E-state index contributed by atoms with van der Waals surface area (Å²) in [6.07, 6.45) is -2.06. The number of aliphatic hydroxyl groups excluding tert-OH is 1. The third-order valence-electron chi connectivity index (χ3n) is 7.31. The Morgan fingerprint density at radius 1 is 1.07 bits per heavy atom. The molecule has 2 aromatic heterocycles. The molecule has 5 rings (SSSR count). The van der Waals surface area contributed by atoms with Gasteiger partial charge in [-0.05, 0) is 55.3 Å². The summed E-state index contributed by atoms with van der Waals surface area (Å²) in [5, 5.41) is 28.8. The molecule has 0 unspecified atom stereocenters. The van der Waals surface area contributed by atoms with Crippen LogP contribution in [0, 0.1) is 17.0 Å². The van der Waals surface area contributed by atoms with E-state index in [0.29, 0.717) is 34.3 Å². The van der Waals surface area contributed by atoms with Crippen LogP contribution in [0.1, 0.15) is 23.6 Å². The molecule has 1 fully saturated rings. The van der Waals surface area contributed by atoms with E-state index in [1.807, 2.05) is 0 Å². The molecular weight excluding hydrogens is 610 g/mol. The maximum atomic E-state index is 13.9. The van der Waals surface area contributed by atoms with E-state index in [1.54, 1.807) is 37.3 Å². The van der Waals surface area contributed by atoms with E-state index in [4.69, 9.17) is 18.6 Å². The number of aliphatic hydroxyl groups is 1. The SMILES string of the molecule is COc1cccc(OC)c1-n1c(CS(=O)(=O)[C@H]2C[C@@H](O)CN(C(=O)OCc3ccc([N+](=O)[O-])cc3)C2)nnc1-c1ccc(C)o1. The van der Waals surface area contributed by atoms with Crippen LogP contribution in [0.3, 0.4) is 0 Å². The van der Waals surface area contributed by atoms with E-state index in [2.05, 4.69) is 10.2 Å². The number of carbonyl (C=O) groups excluding carboxylic acids is 1. The lowest BCUT2D eigenvalue weighted by Crippen LogP contribution is -2.51. The first kappa shape index (κ1) is 31.5. The number of rotatable bonds is 10. The van der Waals surface area contributed by atoms with Crippen LogP contribution < -0.4 is 9.47 Å². The van der Waals surface area contributed by atoms with Crippen molar-refractivity contribution in [2.24, 2.45) is 0 Å². The summed E-state index contributed by atoms with van der Waals surface area (Å²) >= 11 is 0. The minimum absolute atomic E-state index is 0.0363. The molecule has 2 atom stereocenters. The second-order valence-electron chi connectivity index (χ2n) is 10.4. The zero-order chi connectivity index (χ0) is 32.3. The van der Waals surface area contributed by atoms with Crippen molar-refractivity contribution in [1.82, 2.24) is 19.7 Å². The maximum absolute atomic E-state index is 13.9. The Kier molecular flexibility index (Phi) is 9.06. The Morgan fingerprint density at radius 2 is 1.76 bits per heavy atom. The number of sulfone groups is 1. The standard InChI is InChI=1S/C29H31N5O10S/c1-18-7-12-25(44-18)28-31-30-26(33(28)27-23(41-2)5-4-6-24(27)42-3)17-45(39,40)22-13-21(35)14-32(15-22)29(36)43-16-19-8-10-20(11-9-19)34(37)38/h4-12,21-22,35H,13-17H2,1-3H3/t21-,22+/m1/s1. The van der Waals surface area contributed by atoms with Gasteiger partial charge >= 0.3 is 6.09 Å². The average molecular weight is 642 g/mol. The van der Waals surface area contributed by atoms with E-state index >= 15 is 0 Å². The number of aromatic nitrogens is 3. The minimum Gasteiger partial charge on any atom is -0.494 e. The number of carbonyl (C=O) groups is 1. The van der Waals surface area contributed by atoms with Gasteiger partial charge in [0, 0.05) is 18.7 Å². The molecule has 4 aromatic rings. The van der Waals surface area contributed by atoms with E-state index in [-0.39, 0.29) is 43.5 Å². The van der Waals surface area contributed by atoms with Crippen LogP contribution >= 0.6 is 0 Å². The first-order valence-electron chi connectivity index (χ1n) is 13.8. The maximum Gasteiger partial charge on any atom is 0.410 e. The molecule has 0 aliphatic carbocycles. The first-order chi connectivity index (χ1) is 21.5. The number of hydrogen-bond acceptors (Lipinski definition) is 12. The number of likely N-dealkylation sites (tertiary alicyclic amines) is 1. The largest absolute Gasteiger partial charge is 0.494 e. The highest BCUT2D eigenvalue weighted by Crippen LogP contribution is 2.37. The van der Waals surface area contributed by atoms with Crippen molar-refractivity contribution in [3.63, 3.8) is 0 Å². The summed E-state index contributed by atoms with van der Waals surface area (Å²) in [6, 6.07) is 14.0. The van der Waals surface area contributed by atoms with Crippen molar-refractivity contribution in [3.8, 4) is 28.8 Å². The quantitative estimate of drug-likeness (QED) is 0.196. The second kappa shape index (κ2) is 13.0. The Hall–Kier alpha value is -4.96. The Labute approximate surface area is 258 Å². The predicted molar refractivity (Wildman–Crippen MR) is 159 cm³/mol. The van der Waals surface area contributed by atoms with Gasteiger partial charge in [0.25, 0.3) is 5.69 Å². The van der Waals surface area contributed by atoms with Crippen LogP contribution in [-0.4, -0.2) is 82.9 Å². The van der Waals surface area contributed by atoms with Crippen LogP contribution in [0.15, 0.2) is 59.0 Å². The topological polar surface area (TPSA) is 189 Å². The second-order valence-corrected chi connectivity index (χ2v) is 12.7. The molecule has 1 aliphatic heterocycles. The summed E-state index contributed by atoms with van der Waals surface area (Å²) in [7, 11) is -1.12. The van der Waals surface area contributed by atoms with Crippen LogP contribution in [0.2, 0.25) is 0 Å². The highest BCUT2D eigenvalue weighted by Gasteiger charge is 2.39. The fourth-order valence-corrected chi connectivity index (χ4v) is 6.80. The van der Waals surface area contributed by atoms with Gasteiger partial charge in [-0.15, -0.1) is 10.2 Å². The number of methoxy groups -OCH3 is 2. The molecule has 1 amide bonds. The fraction of sp³-hybridized carbons (Fsp3) is 0.345. The summed E-state index contributed by atoms with van der Waals surface area (Å²) in [6.45, 7) is 1.21. The number of ether oxygens (including phenoxy) is 3. The molecule has 3 heterocycles. The van der Waals surface area contributed by atoms with Gasteiger partial charge in [0.1, 0.15) is 35.3 Å². The lowest BCUT2D eigenvalue weighted by atomic mass is 10.1. The van der Waals surface area contributed by atoms with Crippen molar-refractivity contribution in [1.29, 1.82) is 0 Å². The Morgan fingerprint density at radius 3 is 2.36 bits per heavy atom. The predicted octanol–water partition coefficient (Wildman–Crippen LogP) is 3.45. The van der Waals surface area contributed by atoms with Crippen LogP contribution in [0.5, 0.6) is 11.5 Å². The molecule has 0 radical (unpaired) electrons. The summed E-state index contributed by atoms with van der Waals surface area (Å²) in [4.78, 5) is 24.4. The van der Waals surface area contributed by atoms with Gasteiger partial charge in [-0.1, -0.05) is 6.07 Å². The van der Waals surface area contributed by atoms with Crippen molar-refractivity contribution < 1.29 is 41.9 Å².